The Morgan fingerprint density at radius 1 is 0.946 bits per heavy atom. The predicted octanol–water partition coefficient (Wildman–Crippen LogP) is 4.08. The molecule has 0 saturated carbocycles. The SMILES string of the molecule is CCOC(=O)c1sc(-c2ccccc2)cc1NC(=O)COC(=O)[C@@H](NS(=O)(=O)c1ccccc1)C(C)C. The maximum atomic E-state index is 12.7. The molecule has 37 heavy (non-hydrogen) atoms. The molecule has 11 heteroatoms. The van der Waals surface area contributed by atoms with Crippen LogP contribution in [0.25, 0.3) is 10.4 Å². The third-order valence-corrected chi connectivity index (χ3v) is 7.75. The third kappa shape index (κ3) is 7.48. The second kappa shape index (κ2) is 12.6. The second-order valence-electron chi connectivity index (χ2n) is 8.25. The number of nitrogens with one attached hydrogen (secondary N) is 2. The number of carbonyl (C=O) groups excluding carboxylic acids is 3. The molecule has 1 amide bonds. The Morgan fingerprint density at radius 2 is 1.57 bits per heavy atom. The molecular weight excluding hydrogens is 516 g/mol. The molecule has 1 atom stereocenters. The normalized spacial score (nSPS) is 12.1. The largest absolute Gasteiger partial charge is 0.462 e. The number of ether oxygens (including phenoxy) is 2. The number of esters is 2. The zero-order valence-corrected chi connectivity index (χ0v) is 22.2. The van der Waals surface area contributed by atoms with Crippen molar-refractivity contribution in [2.24, 2.45) is 5.92 Å². The lowest BCUT2D eigenvalue weighted by Crippen LogP contribution is -2.45. The van der Waals surface area contributed by atoms with Crippen LogP contribution < -0.4 is 10.0 Å². The van der Waals surface area contributed by atoms with Gasteiger partial charge in [0.25, 0.3) is 5.91 Å². The molecule has 0 saturated heterocycles. The van der Waals surface area contributed by atoms with Gasteiger partial charge in [-0.05, 0) is 36.6 Å². The molecule has 1 heterocycles. The number of carbonyl (C=O) groups is 3. The molecule has 3 aromatic rings. The smallest absolute Gasteiger partial charge is 0.350 e. The van der Waals surface area contributed by atoms with Crippen LogP contribution in [0.4, 0.5) is 5.69 Å². The first-order valence-corrected chi connectivity index (χ1v) is 13.8. The van der Waals surface area contributed by atoms with E-state index in [9.17, 15) is 22.8 Å². The van der Waals surface area contributed by atoms with Crippen molar-refractivity contribution in [2.75, 3.05) is 18.5 Å². The van der Waals surface area contributed by atoms with E-state index in [0.717, 1.165) is 10.4 Å². The van der Waals surface area contributed by atoms with Crippen LogP contribution in [0.3, 0.4) is 0 Å². The van der Waals surface area contributed by atoms with E-state index >= 15 is 0 Å². The van der Waals surface area contributed by atoms with E-state index in [1.165, 1.54) is 23.5 Å². The molecular formula is C26H28N2O7S2. The van der Waals surface area contributed by atoms with Crippen LogP contribution in [-0.2, 0) is 29.1 Å². The molecule has 0 spiro atoms. The molecule has 2 N–H and O–H groups in total. The summed E-state index contributed by atoms with van der Waals surface area (Å²) >= 11 is 1.17. The maximum Gasteiger partial charge on any atom is 0.350 e. The minimum atomic E-state index is -3.98. The summed E-state index contributed by atoms with van der Waals surface area (Å²) in [6, 6.07) is 17.4. The number of thiophene rings is 1. The highest BCUT2D eigenvalue weighted by atomic mass is 32.2. The fourth-order valence-corrected chi connectivity index (χ4v) is 5.65. The van der Waals surface area contributed by atoms with E-state index in [1.54, 1.807) is 45.0 Å². The number of benzene rings is 2. The first-order chi connectivity index (χ1) is 17.6. The van der Waals surface area contributed by atoms with Gasteiger partial charge in [-0.1, -0.05) is 62.4 Å². The Bertz CT molecular complexity index is 1340. The van der Waals surface area contributed by atoms with Crippen molar-refractivity contribution < 1.29 is 32.3 Å². The molecule has 0 fully saturated rings. The van der Waals surface area contributed by atoms with Crippen LogP contribution in [0.2, 0.25) is 0 Å². The first-order valence-electron chi connectivity index (χ1n) is 11.5. The summed E-state index contributed by atoms with van der Waals surface area (Å²) < 4.78 is 37.9. The van der Waals surface area contributed by atoms with Gasteiger partial charge >= 0.3 is 11.9 Å². The van der Waals surface area contributed by atoms with Gasteiger partial charge in [-0.25, -0.2) is 13.2 Å². The van der Waals surface area contributed by atoms with Crippen molar-refractivity contribution >= 4 is 44.9 Å². The van der Waals surface area contributed by atoms with Gasteiger partial charge in [0.1, 0.15) is 10.9 Å². The predicted molar refractivity (Wildman–Crippen MR) is 141 cm³/mol. The number of amides is 1. The van der Waals surface area contributed by atoms with E-state index < -0.39 is 46.4 Å². The van der Waals surface area contributed by atoms with Gasteiger partial charge in [-0.3, -0.25) is 9.59 Å². The van der Waals surface area contributed by atoms with E-state index in [4.69, 9.17) is 9.47 Å². The maximum absolute atomic E-state index is 12.7. The Labute approximate surface area is 219 Å². The monoisotopic (exact) mass is 544 g/mol. The fourth-order valence-electron chi connectivity index (χ4n) is 3.28. The van der Waals surface area contributed by atoms with Gasteiger partial charge in [0, 0.05) is 4.88 Å². The highest BCUT2D eigenvalue weighted by Gasteiger charge is 2.30. The van der Waals surface area contributed by atoms with Crippen molar-refractivity contribution in [3.63, 3.8) is 0 Å². The van der Waals surface area contributed by atoms with Crippen LogP contribution in [0.15, 0.2) is 71.6 Å². The molecule has 0 unspecified atom stereocenters. The van der Waals surface area contributed by atoms with E-state index in [2.05, 4.69) is 10.0 Å². The van der Waals surface area contributed by atoms with Crippen molar-refractivity contribution in [1.82, 2.24) is 4.72 Å². The van der Waals surface area contributed by atoms with E-state index in [1.807, 2.05) is 30.3 Å². The number of hydrogen-bond donors (Lipinski definition) is 2. The summed E-state index contributed by atoms with van der Waals surface area (Å²) in [6.45, 7) is 4.48. The lowest BCUT2D eigenvalue weighted by molar-refractivity contribution is -0.150. The molecule has 0 radical (unpaired) electrons. The quantitative estimate of drug-likeness (QED) is 0.348. The Balaban J connectivity index is 1.70. The van der Waals surface area contributed by atoms with Crippen molar-refractivity contribution in [1.29, 1.82) is 0 Å². The van der Waals surface area contributed by atoms with Crippen LogP contribution >= 0.6 is 11.3 Å². The van der Waals surface area contributed by atoms with Crippen molar-refractivity contribution in [3.8, 4) is 10.4 Å². The highest BCUT2D eigenvalue weighted by molar-refractivity contribution is 7.89. The summed E-state index contributed by atoms with van der Waals surface area (Å²) in [4.78, 5) is 38.7. The van der Waals surface area contributed by atoms with Crippen molar-refractivity contribution in [3.05, 3.63) is 71.6 Å². The van der Waals surface area contributed by atoms with Gasteiger partial charge in [0.05, 0.1) is 17.2 Å². The molecule has 9 nitrogen and oxygen atoms in total. The lowest BCUT2D eigenvalue weighted by atomic mass is 10.1. The Kier molecular flexibility index (Phi) is 9.56. The minimum Gasteiger partial charge on any atom is -0.462 e. The number of rotatable bonds is 11. The highest BCUT2D eigenvalue weighted by Crippen LogP contribution is 2.35. The zero-order chi connectivity index (χ0) is 27.0. The number of sulfonamides is 1. The van der Waals surface area contributed by atoms with Crippen LogP contribution in [0.1, 0.15) is 30.4 Å². The number of anilines is 1. The second-order valence-corrected chi connectivity index (χ2v) is 11.0. The first kappa shape index (κ1) is 28.0. The summed E-state index contributed by atoms with van der Waals surface area (Å²) in [7, 11) is -3.98. The summed E-state index contributed by atoms with van der Waals surface area (Å²) in [5, 5.41) is 2.59. The van der Waals surface area contributed by atoms with Gasteiger partial charge in [-0.15, -0.1) is 11.3 Å². The topological polar surface area (TPSA) is 128 Å². The molecule has 2 aromatic carbocycles. The molecule has 0 aliphatic heterocycles. The van der Waals surface area contributed by atoms with Crippen LogP contribution in [0, 0.1) is 5.92 Å². The molecule has 0 aliphatic rings. The third-order valence-electron chi connectivity index (χ3n) is 5.13. The van der Waals surface area contributed by atoms with Gasteiger partial charge < -0.3 is 14.8 Å². The average molecular weight is 545 g/mol. The molecule has 0 bridgehead atoms. The fraction of sp³-hybridized carbons (Fsp3) is 0.269. The summed E-state index contributed by atoms with van der Waals surface area (Å²) in [5.41, 5.74) is 1.09. The average Bonchev–Trinajstić information content (AvgIpc) is 3.30. The van der Waals surface area contributed by atoms with Gasteiger partial charge in [0.15, 0.2) is 6.61 Å². The number of hydrogen-bond acceptors (Lipinski definition) is 8. The Hall–Kier alpha value is -3.54. The van der Waals surface area contributed by atoms with Crippen LogP contribution in [-0.4, -0.2) is 45.5 Å². The summed E-state index contributed by atoms with van der Waals surface area (Å²) in [6.07, 6.45) is 0. The molecule has 0 aliphatic carbocycles. The standard InChI is InChI=1S/C26H28N2O7S2/c1-4-34-26(31)24-20(15-21(36-24)18-11-7-5-8-12-18)27-22(29)16-35-25(30)23(17(2)3)28-37(32,33)19-13-9-6-10-14-19/h5-15,17,23,28H,4,16H2,1-3H3,(H,27,29)/t23-/m0/s1. The van der Waals surface area contributed by atoms with E-state index in [0.29, 0.717) is 0 Å². The van der Waals surface area contributed by atoms with Gasteiger partial charge in [-0.2, -0.15) is 4.72 Å². The van der Waals surface area contributed by atoms with Crippen LogP contribution in [0.5, 0.6) is 0 Å². The molecule has 1 aromatic heterocycles. The minimum absolute atomic E-state index is 0.00404. The van der Waals surface area contributed by atoms with Crippen molar-refractivity contribution in [2.45, 2.75) is 31.7 Å². The molecule has 3 rings (SSSR count). The Morgan fingerprint density at radius 3 is 2.16 bits per heavy atom. The molecule has 196 valence electrons. The summed E-state index contributed by atoms with van der Waals surface area (Å²) in [5.74, 6) is -2.62. The lowest BCUT2D eigenvalue weighted by Gasteiger charge is -2.20. The zero-order valence-electron chi connectivity index (χ0n) is 20.6. The van der Waals surface area contributed by atoms with Gasteiger partial charge in [0.2, 0.25) is 10.0 Å². The van der Waals surface area contributed by atoms with E-state index in [-0.39, 0.29) is 22.1 Å².